The van der Waals surface area contributed by atoms with Gasteiger partial charge in [0.1, 0.15) is 23.3 Å². The highest BCUT2D eigenvalue weighted by atomic mass is 19.1. The van der Waals surface area contributed by atoms with Crippen LogP contribution in [0.4, 0.5) is 17.6 Å². The molecule has 2 saturated carbocycles. The summed E-state index contributed by atoms with van der Waals surface area (Å²) in [5.74, 6) is 0.959. The van der Waals surface area contributed by atoms with E-state index in [4.69, 9.17) is 4.74 Å². The fraction of sp³-hybridized carbons (Fsp3) is 0.520. The van der Waals surface area contributed by atoms with E-state index >= 15 is 17.6 Å². The third-order valence-electron chi connectivity index (χ3n) is 12.9. The van der Waals surface area contributed by atoms with Crippen molar-refractivity contribution < 1.29 is 22.3 Å². The fourth-order valence-electron chi connectivity index (χ4n) is 9.37. The molecule has 0 atom stereocenters. The molecular weight excluding hydrogens is 693 g/mol. The highest BCUT2D eigenvalue weighted by Gasteiger charge is 2.22. The Balaban J connectivity index is 0.928. The van der Waals surface area contributed by atoms with Gasteiger partial charge in [0, 0.05) is 24.0 Å². The number of halogens is 4. The zero-order valence-corrected chi connectivity index (χ0v) is 33.3. The van der Waals surface area contributed by atoms with Crippen molar-refractivity contribution in [1.29, 1.82) is 0 Å². The Labute approximate surface area is 328 Å². The molecule has 6 rings (SSSR count). The summed E-state index contributed by atoms with van der Waals surface area (Å²) in [6.07, 6.45) is 20.6. The van der Waals surface area contributed by atoms with Gasteiger partial charge in [-0.05, 0) is 107 Å². The predicted octanol–water partition coefficient (Wildman–Crippen LogP) is 14.5. The minimum Gasteiger partial charge on any atom is -0.381 e. The molecule has 0 spiro atoms. The molecule has 0 radical (unpaired) electrons. The summed E-state index contributed by atoms with van der Waals surface area (Å²) in [4.78, 5) is 0. The molecule has 4 aromatic carbocycles. The lowest BCUT2D eigenvalue weighted by molar-refractivity contribution is 0.138. The van der Waals surface area contributed by atoms with Crippen LogP contribution in [0.2, 0.25) is 0 Å². The average molecular weight is 755 g/mol. The van der Waals surface area contributed by atoms with E-state index in [-0.39, 0.29) is 37.2 Å². The summed E-state index contributed by atoms with van der Waals surface area (Å²) in [5.41, 5.74) is 4.99. The van der Waals surface area contributed by atoms with Crippen molar-refractivity contribution in [2.24, 2.45) is 23.7 Å². The normalized spacial score (nSPS) is 20.2. The van der Waals surface area contributed by atoms with Crippen LogP contribution in [0, 0.1) is 46.9 Å². The molecule has 0 saturated heterocycles. The number of ether oxygens (including phenoxy) is 1. The lowest BCUT2D eigenvalue weighted by Crippen LogP contribution is -2.15. The summed E-state index contributed by atoms with van der Waals surface area (Å²) in [7, 11) is 0. The zero-order chi connectivity index (χ0) is 38.6. The third-order valence-corrected chi connectivity index (χ3v) is 12.9. The molecule has 2 aliphatic carbocycles. The largest absolute Gasteiger partial charge is 0.381 e. The summed E-state index contributed by atoms with van der Waals surface area (Å²) < 4.78 is 66.1. The van der Waals surface area contributed by atoms with Crippen LogP contribution in [0.3, 0.4) is 0 Å². The minimum atomic E-state index is -0.619. The first-order valence-electron chi connectivity index (χ1n) is 21.5. The molecule has 2 fully saturated rings. The molecule has 4 aromatic rings. The van der Waals surface area contributed by atoms with E-state index in [0.717, 1.165) is 47.6 Å². The molecule has 55 heavy (non-hydrogen) atoms. The molecule has 2 aliphatic rings. The summed E-state index contributed by atoms with van der Waals surface area (Å²) in [6.45, 7) is 4.63. The second-order valence-electron chi connectivity index (χ2n) is 16.8. The Kier molecular flexibility index (Phi) is 15.5. The second-order valence-corrected chi connectivity index (χ2v) is 16.8. The van der Waals surface area contributed by atoms with Crippen molar-refractivity contribution in [3.05, 3.63) is 118 Å². The van der Waals surface area contributed by atoms with E-state index in [0.29, 0.717) is 11.1 Å². The molecule has 0 unspecified atom stereocenters. The first-order chi connectivity index (χ1) is 26.8. The van der Waals surface area contributed by atoms with Crippen LogP contribution in [-0.2, 0) is 30.4 Å². The van der Waals surface area contributed by atoms with E-state index < -0.39 is 23.3 Å². The maximum atomic E-state index is 15.1. The topological polar surface area (TPSA) is 9.23 Å². The predicted molar refractivity (Wildman–Crippen MR) is 219 cm³/mol. The maximum absolute atomic E-state index is 15.1. The van der Waals surface area contributed by atoms with Crippen LogP contribution in [0.25, 0.3) is 22.3 Å². The van der Waals surface area contributed by atoms with Crippen LogP contribution >= 0.6 is 0 Å². The van der Waals surface area contributed by atoms with E-state index in [1.807, 2.05) is 24.3 Å². The van der Waals surface area contributed by atoms with Gasteiger partial charge in [-0.15, -0.1) is 0 Å². The molecule has 5 heteroatoms. The van der Waals surface area contributed by atoms with Gasteiger partial charge < -0.3 is 4.74 Å². The lowest BCUT2D eigenvalue weighted by atomic mass is 9.78. The van der Waals surface area contributed by atoms with Gasteiger partial charge in [0.2, 0.25) is 0 Å². The minimum absolute atomic E-state index is 0.0250. The van der Waals surface area contributed by atoms with Crippen molar-refractivity contribution in [1.82, 2.24) is 0 Å². The lowest BCUT2D eigenvalue weighted by Gasteiger charge is -2.28. The van der Waals surface area contributed by atoms with Crippen LogP contribution < -0.4 is 0 Å². The van der Waals surface area contributed by atoms with Gasteiger partial charge in [-0.1, -0.05) is 139 Å². The fourth-order valence-corrected chi connectivity index (χ4v) is 9.37. The molecule has 1 nitrogen and oxygen atoms in total. The van der Waals surface area contributed by atoms with Crippen molar-refractivity contribution in [3.8, 4) is 22.3 Å². The van der Waals surface area contributed by atoms with Crippen molar-refractivity contribution >= 4 is 0 Å². The van der Waals surface area contributed by atoms with Gasteiger partial charge in [-0.2, -0.15) is 0 Å². The number of rotatable bonds is 18. The molecule has 0 bridgehead atoms. The monoisotopic (exact) mass is 754 g/mol. The van der Waals surface area contributed by atoms with Crippen LogP contribution in [0.1, 0.15) is 126 Å². The number of aryl methyl sites for hydroxylation is 2. The smallest absolute Gasteiger partial charge is 0.130 e. The Hall–Kier alpha value is -3.44. The standard InChI is InChI=1S/C50H62F4O/c1-3-5-35-7-11-37(12-8-35)15-17-39-19-23-41(24-20-39)43-31-47(51)45(48(52)32-43)27-29-55-30-28-46-49(53)33-44(34-50(46)54)42-25-21-40(22-26-42)18-16-38-13-9-36(6-4-2)10-14-38/h19-26,31-38H,3-18,27-30H2,1-2H3. The third kappa shape index (κ3) is 11.8. The molecule has 0 amide bonds. The van der Waals surface area contributed by atoms with Crippen LogP contribution in [0.5, 0.6) is 0 Å². The van der Waals surface area contributed by atoms with Crippen molar-refractivity contribution in [2.75, 3.05) is 13.2 Å². The van der Waals surface area contributed by atoms with Gasteiger partial charge in [-0.3, -0.25) is 0 Å². The maximum Gasteiger partial charge on any atom is 0.130 e. The highest BCUT2D eigenvalue weighted by molar-refractivity contribution is 5.65. The first kappa shape index (κ1) is 41.2. The van der Waals surface area contributed by atoms with Gasteiger partial charge in [-0.25, -0.2) is 17.6 Å². The highest BCUT2D eigenvalue weighted by Crippen LogP contribution is 2.36. The van der Waals surface area contributed by atoms with Crippen LogP contribution in [0.15, 0.2) is 72.8 Å². The average Bonchev–Trinajstić information content (AvgIpc) is 3.19. The Morgan fingerprint density at radius 2 is 0.727 bits per heavy atom. The zero-order valence-electron chi connectivity index (χ0n) is 33.3. The first-order valence-corrected chi connectivity index (χ1v) is 21.5. The number of benzene rings is 4. The Morgan fingerprint density at radius 1 is 0.418 bits per heavy atom. The molecule has 0 heterocycles. The molecule has 0 aromatic heterocycles. The Bertz CT molecular complexity index is 1590. The number of hydrogen-bond acceptors (Lipinski definition) is 1. The van der Waals surface area contributed by atoms with E-state index in [9.17, 15) is 0 Å². The number of hydrogen-bond donors (Lipinski definition) is 0. The van der Waals surface area contributed by atoms with Gasteiger partial charge in [0.05, 0.1) is 13.2 Å². The van der Waals surface area contributed by atoms with Crippen molar-refractivity contribution in [2.45, 2.75) is 129 Å². The van der Waals surface area contributed by atoms with E-state index in [1.165, 1.54) is 125 Å². The van der Waals surface area contributed by atoms with Gasteiger partial charge >= 0.3 is 0 Å². The van der Waals surface area contributed by atoms with Gasteiger partial charge in [0.15, 0.2) is 0 Å². The summed E-state index contributed by atoms with van der Waals surface area (Å²) in [5, 5.41) is 0. The summed E-state index contributed by atoms with van der Waals surface area (Å²) in [6, 6.07) is 21.6. The summed E-state index contributed by atoms with van der Waals surface area (Å²) >= 11 is 0. The molecule has 0 N–H and O–H groups in total. The van der Waals surface area contributed by atoms with Crippen LogP contribution in [-0.4, -0.2) is 13.2 Å². The molecule has 296 valence electrons. The molecular formula is C50H62F4O. The van der Waals surface area contributed by atoms with E-state index in [1.54, 1.807) is 0 Å². The Morgan fingerprint density at radius 3 is 1.04 bits per heavy atom. The van der Waals surface area contributed by atoms with Gasteiger partial charge in [0.25, 0.3) is 0 Å². The second kappa shape index (κ2) is 20.6. The van der Waals surface area contributed by atoms with E-state index in [2.05, 4.69) is 38.1 Å². The SMILES string of the molecule is CCCC1CCC(CCc2ccc(-c3cc(F)c(CCOCCc4c(F)cc(-c5ccc(CCC6CCC(CCC)CC6)cc5)cc4F)c(F)c3)cc2)CC1. The molecule has 0 aliphatic heterocycles. The quantitative estimate of drug-likeness (QED) is 0.0726. The van der Waals surface area contributed by atoms with Crippen molar-refractivity contribution in [3.63, 3.8) is 0 Å².